The smallest absolute Gasteiger partial charge is 0.313 e. The van der Waals surface area contributed by atoms with Crippen molar-refractivity contribution in [2.75, 3.05) is 6.54 Å². The van der Waals surface area contributed by atoms with Crippen molar-refractivity contribution in [2.24, 2.45) is 11.8 Å². The summed E-state index contributed by atoms with van der Waals surface area (Å²) in [6.45, 7) is 0.0393. The molecule has 7 heteroatoms. The van der Waals surface area contributed by atoms with E-state index in [0.717, 1.165) is 4.47 Å². The van der Waals surface area contributed by atoms with Gasteiger partial charge in [0.25, 0.3) is 0 Å². The van der Waals surface area contributed by atoms with Crippen LogP contribution in [0.3, 0.4) is 0 Å². The first-order chi connectivity index (χ1) is 11.5. The minimum atomic E-state index is -0.534. The molecule has 2 aliphatic rings. The fraction of sp³-hybridized carbons (Fsp3) is 0.353. The molecule has 2 amide bonds. The fourth-order valence-electron chi connectivity index (χ4n) is 3.02. The van der Waals surface area contributed by atoms with Gasteiger partial charge >= 0.3 is 5.97 Å². The maximum Gasteiger partial charge on any atom is 0.313 e. The molecule has 24 heavy (non-hydrogen) atoms. The van der Waals surface area contributed by atoms with Gasteiger partial charge in [0, 0.05) is 11.0 Å². The summed E-state index contributed by atoms with van der Waals surface area (Å²) in [6, 6.07) is 4.91. The monoisotopic (exact) mass is 411 g/mol. The number of halogens is 2. The van der Waals surface area contributed by atoms with Crippen molar-refractivity contribution >= 4 is 45.3 Å². The molecule has 1 aliphatic heterocycles. The van der Waals surface area contributed by atoms with Crippen molar-refractivity contribution in [3.05, 3.63) is 39.8 Å². The van der Waals surface area contributed by atoms with E-state index < -0.39 is 5.97 Å². The molecule has 2 atom stereocenters. The highest BCUT2D eigenvalue weighted by molar-refractivity contribution is 9.10. The minimum Gasteiger partial charge on any atom is -0.425 e. The third-order valence-corrected chi connectivity index (χ3v) is 5.04. The van der Waals surface area contributed by atoms with Gasteiger partial charge in [-0.15, -0.1) is 0 Å². The SMILES string of the molecule is O=C(CCN1C(=O)[C@@H]2CC=CC[C@H]2C1=O)Oc1ccc(Br)cc1Cl. The fourth-order valence-corrected chi connectivity index (χ4v) is 3.74. The van der Waals surface area contributed by atoms with Crippen molar-refractivity contribution in [2.45, 2.75) is 19.3 Å². The molecular formula is C17H15BrClNO4. The summed E-state index contributed by atoms with van der Waals surface area (Å²) in [7, 11) is 0. The number of carbonyl (C=O) groups is 3. The molecule has 1 aromatic rings. The number of imide groups is 1. The number of fused-ring (bicyclic) bond motifs is 1. The summed E-state index contributed by atoms with van der Waals surface area (Å²) in [5, 5.41) is 0.308. The highest BCUT2D eigenvalue weighted by Crippen LogP contribution is 2.35. The standard InChI is InChI=1S/C17H15BrClNO4/c18-10-5-6-14(13(19)9-10)24-15(21)7-8-20-16(22)11-3-1-2-4-12(11)17(20)23/h1-2,5-6,9,11-12H,3-4,7-8H2/t11-,12-/m1/s1. The van der Waals surface area contributed by atoms with Gasteiger partial charge in [-0.05, 0) is 31.0 Å². The molecule has 5 nitrogen and oxygen atoms in total. The summed E-state index contributed by atoms with van der Waals surface area (Å²) in [5.41, 5.74) is 0. The number of allylic oxidation sites excluding steroid dienone is 2. The largest absolute Gasteiger partial charge is 0.425 e. The molecule has 126 valence electrons. The second-order valence-electron chi connectivity index (χ2n) is 5.78. The Morgan fingerprint density at radius 2 is 1.83 bits per heavy atom. The van der Waals surface area contributed by atoms with E-state index in [4.69, 9.17) is 16.3 Å². The predicted octanol–water partition coefficient (Wildman–Crippen LogP) is 3.35. The molecule has 1 heterocycles. The Labute approximate surface area is 152 Å². The maximum absolute atomic E-state index is 12.3. The average molecular weight is 413 g/mol. The molecule has 0 N–H and O–H groups in total. The van der Waals surface area contributed by atoms with E-state index in [-0.39, 0.29) is 42.4 Å². The summed E-state index contributed by atoms with van der Waals surface area (Å²) in [6.07, 6.45) is 4.98. The number of esters is 1. The zero-order valence-corrected chi connectivity index (χ0v) is 15.0. The highest BCUT2D eigenvalue weighted by atomic mass is 79.9. The van der Waals surface area contributed by atoms with Gasteiger partial charge in [0.2, 0.25) is 11.8 Å². The average Bonchev–Trinajstić information content (AvgIpc) is 2.80. The number of likely N-dealkylation sites (tertiary alicyclic amines) is 1. The topological polar surface area (TPSA) is 63.7 Å². The number of carbonyl (C=O) groups excluding carboxylic acids is 3. The van der Waals surface area contributed by atoms with E-state index in [1.54, 1.807) is 18.2 Å². The Hall–Kier alpha value is -1.66. The predicted molar refractivity (Wildman–Crippen MR) is 91.5 cm³/mol. The van der Waals surface area contributed by atoms with Crippen LogP contribution in [0.2, 0.25) is 5.02 Å². The second-order valence-corrected chi connectivity index (χ2v) is 7.11. The molecule has 3 rings (SSSR count). The van der Waals surface area contributed by atoms with Gasteiger partial charge in [-0.3, -0.25) is 19.3 Å². The lowest BCUT2D eigenvalue weighted by Crippen LogP contribution is -2.33. The van der Waals surface area contributed by atoms with E-state index in [1.807, 2.05) is 12.2 Å². The number of benzene rings is 1. The van der Waals surface area contributed by atoms with Crippen LogP contribution in [0.1, 0.15) is 19.3 Å². The Bertz CT molecular complexity index is 707. The first-order valence-electron chi connectivity index (χ1n) is 7.63. The lowest BCUT2D eigenvalue weighted by atomic mass is 9.85. The van der Waals surface area contributed by atoms with Crippen LogP contribution >= 0.6 is 27.5 Å². The van der Waals surface area contributed by atoms with Gasteiger partial charge in [0.05, 0.1) is 23.3 Å². The van der Waals surface area contributed by atoms with Gasteiger partial charge in [-0.25, -0.2) is 0 Å². The van der Waals surface area contributed by atoms with Crippen LogP contribution in [0.15, 0.2) is 34.8 Å². The van der Waals surface area contributed by atoms with Crippen molar-refractivity contribution in [1.29, 1.82) is 0 Å². The molecule has 1 saturated heterocycles. The third-order valence-electron chi connectivity index (χ3n) is 4.26. The van der Waals surface area contributed by atoms with E-state index in [2.05, 4.69) is 15.9 Å². The molecular weight excluding hydrogens is 398 g/mol. The first-order valence-corrected chi connectivity index (χ1v) is 8.80. The zero-order chi connectivity index (χ0) is 17.3. The number of hydrogen-bond donors (Lipinski definition) is 0. The lowest BCUT2D eigenvalue weighted by molar-refractivity contribution is -0.141. The number of amides is 2. The Morgan fingerprint density at radius 1 is 1.21 bits per heavy atom. The minimum absolute atomic E-state index is 0.0393. The summed E-state index contributed by atoms with van der Waals surface area (Å²) in [4.78, 5) is 37.8. The van der Waals surface area contributed by atoms with Crippen LogP contribution in [-0.2, 0) is 14.4 Å². The number of hydrogen-bond acceptors (Lipinski definition) is 4. The number of rotatable bonds is 4. The first kappa shape index (κ1) is 17.2. The van der Waals surface area contributed by atoms with Crippen molar-refractivity contribution in [1.82, 2.24) is 4.90 Å². The van der Waals surface area contributed by atoms with E-state index in [1.165, 1.54) is 4.90 Å². The molecule has 0 radical (unpaired) electrons. The van der Waals surface area contributed by atoms with Gasteiger partial charge < -0.3 is 4.74 Å². The number of ether oxygens (including phenoxy) is 1. The lowest BCUT2D eigenvalue weighted by Gasteiger charge is -2.14. The molecule has 1 aromatic carbocycles. The van der Waals surface area contributed by atoms with E-state index in [0.29, 0.717) is 17.9 Å². The molecule has 0 unspecified atom stereocenters. The Kier molecular flexibility index (Phi) is 5.06. The molecule has 1 fully saturated rings. The van der Waals surface area contributed by atoms with Gasteiger partial charge in [0.1, 0.15) is 5.75 Å². The second kappa shape index (κ2) is 7.07. The van der Waals surface area contributed by atoms with Gasteiger partial charge in [-0.1, -0.05) is 39.7 Å². The van der Waals surface area contributed by atoms with Crippen LogP contribution in [-0.4, -0.2) is 29.2 Å². The summed E-state index contributed by atoms with van der Waals surface area (Å²) < 4.78 is 5.97. The van der Waals surface area contributed by atoms with Crippen molar-refractivity contribution in [3.63, 3.8) is 0 Å². The van der Waals surface area contributed by atoms with E-state index in [9.17, 15) is 14.4 Å². The van der Waals surface area contributed by atoms with Crippen molar-refractivity contribution < 1.29 is 19.1 Å². The quantitative estimate of drug-likeness (QED) is 0.329. The molecule has 0 aromatic heterocycles. The highest BCUT2D eigenvalue weighted by Gasteiger charge is 2.46. The molecule has 0 saturated carbocycles. The van der Waals surface area contributed by atoms with Gasteiger partial charge in [-0.2, -0.15) is 0 Å². The number of nitrogens with zero attached hydrogens (tertiary/aromatic N) is 1. The maximum atomic E-state index is 12.3. The van der Waals surface area contributed by atoms with Crippen molar-refractivity contribution in [3.8, 4) is 5.75 Å². The molecule has 1 aliphatic carbocycles. The van der Waals surface area contributed by atoms with Crippen LogP contribution in [0.4, 0.5) is 0 Å². The van der Waals surface area contributed by atoms with Crippen LogP contribution in [0.5, 0.6) is 5.75 Å². The molecule has 0 spiro atoms. The summed E-state index contributed by atoms with van der Waals surface area (Å²) in [5.74, 6) is -1.22. The normalized spacial score (nSPS) is 22.7. The zero-order valence-electron chi connectivity index (χ0n) is 12.7. The third kappa shape index (κ3) is 3.39. The Balaban J connectivity index is 1.58. The van der Waals surface area contributed by atoms with Crippen LogP contribution < -0.4 is 4.74 Å². The van der Waals surface area contributed by atoms with Crippen LogP contribution in [0.25, 0.3) is 0 Å². The van der Waals surface area contributed by atoms with Gasteiger partial charge in [0.15, 0.2) is 0 Å². The molecule has 0 bridgehead atoms. The Morgan fingerprint density at radius 3 is 2.42 bits per heavy atom. The summed E-state index contributed by atoms with van der Waals surface area (Å²) >= 11 is 9.27. The van der Waals surface area contributed by atoms with E-state index >= 15 is 0 Å². The van der Waals surface area contributed by atoms with Crippen LogP contribution in [0, 0.1) is 11.8 Å².